The topological polar surface area (TPSA) is 49.4 Å². The minimum atomic E-state index is -0.723. The van der Waals surface area contributed by atoms with Crippen LogP contribution >= 0.6 is 11.3 Å². The molecule has 0 saturated carbocycles. The molecule has 2 rings (SSSR count). The summed E-state index contributed by atoms with van der Waals surface area (Å²) in [6, 6.07) is 1.59. The fourth-order valence-corrected chi connectivity index (χ4v) is 3.16. The number of nitrogens with zero attached hydrogens (tertiary/aromatic N) is 1. The summed E-state index contributed by atoms with van der Waals surface area (Å²) in [5, 5.41) is 6.92. The molecule has 1 N–H and O–H groups in total. The van der Waals surface area contributed by atoms with Gasteiger partial charge in [0.25, 0.3) is 0 Å². The summed E-state index contributed by atoms with van der Waals surface area (Å²) in [4.78, 5) is 26.5. The zero-order valence-electron chi connectivity index (χ0n) is 11.6. The van der Waals surface area contributed by atoms with Crippen LogP contribution in [-0.4, -0.2) is 28.3 Å². The Morgan fingerprint density at radius 3 is 2.58 bits per heavy atom. The van der Waals surface area contributed by atoms with Crippen molar-refractivity contribution < 1.29 is 9.59 Å². The van der Waals surface area contributed by atoms with Gasteiger partial charge in [0.05, 0.1) is 0 Å². The average molecular weight is 280 g/mol. The van der Waals surface area contributed by atoms with E-state index in [0.29, 0.717) is 19.4 Å². The highest BCUT2D eigenvalue weighted by molar-refractivity contribution is 7.07. The summed E-state index contributed by atoms with van der Waals surface area (Å²) in [6.45, 7) is 6.19. The van der Waals surface area contributed by atoms with E-state index in [4.69, 9.17) is 0 Å². The predicted octanol–water partition coefficient (Wildman–Crippen LogP) is 2.15. The minimum Gasteiger partial charge on any atom is -0.340 e. The van der Waals surface area contributed by atoms with Crippen LogP contribution in [0.5, 0.6) is 0 Å². The molecule has 0 radical (unpaired) electrons. The van der Waals surface area contributed by atoms with Crippen molar-refractivity contribution in [3.05, 3.63) is 22.4 Å². The van der Waals surface area contributed by atoms with Gasteiger partial charge in [0.1, 0.15) is 11.6 Å². The van der Waals surface area contributed by atoms with Gasteiger partial charge in [0.15, 0.2) is 0 Å². The van der Waals surface area contributed by atoms with Crippen molar-refractivity contribution in [2.24, 2.45) is 0 Å². The third-order valence-electron chi connectivity index (χ3n) is 4.02. The highest BCUT2D eigenvalue weighted by Crippen LogP contribution is 2.26. The zero-order chi connectivity index (χ0) is 14.0. The van der Waals surface area contributed by atoms with Crippen molar-refractivity contribution >= 4 is 23.2 Å². The van der Waals surface area contributed by atoms with Gasteiger partial charge in [-0.2, -0.15) is 11.3 Å². The maximum Gasteiger partial charge on any atom is 0.249 e. The number of carbonyl (C=O) groups is 2. The molecule has 1 aromatic heterocycles. The van der Waals surface area contributed by atoms with Gasteiger partial charge in [-0.15, -0.1) is 0 Å². The second-order valence-electron chi connectivity index (χ2n) is 5.02. The van der Waals surface area contributed by atoms with Crippen LogP contribution in [0.1, 0.15) is 39.2 Å². The van der Waals surface area contributed by atoms with Crippen LogP contribution in [0.25, 0.3) is 0 Å². The van der Waals surface area contributed by atoms with Crippen molar-refractivity contribution in [1.82, 2.24) is 10.2 Å². The third kappa shape index (κ3) is 2.39. The second kappa shape index (κ2) is 5.33. The van der Waals surface area contributed by atoms with E-state index < -0.39 is 11.6 Å². The smallest absolute Gasteiger partial charge is 0.249 e. The standard InChI is InChI=1S/C14H20N2O2S/c1-4-14(5-2)13(18)16(10(3)12(17)15-14)8-11-6-7-19-9-11/h6-7,9-10H,4-5,8H2,1-3H3,(H,15,17). The summed E-state index contributed by atoms with van der Waals surface area (Å²) in [5.74, 6) is -0.0191. The lowest BCUT2D eigenvalue weighted by atomic mass is 9.87. The fraction of sp³-hybridized carbons (Fsp3) is 0.571. The van der Waals surface area contributed by atoms with Gasteiger partial charge in [0.2, 0.25) is 11.8 Å². The van der Waals surface area contributed by atoms with E-state index in [1.165, 1.54) is 0 Å². The number of thiophene rings is 1. The van der Waals surface area contributed by atoms with Gasteiger partial charge in [-0.3, -0.25) is 9.59 Å². The van der Waals surface area contributed by atoms with E-state index in [-0.39, 0.29) is 11.8 Å². The number of carbonyl (C=O) groups excluding carboxylic acids is 2. The first kappa shape index (κ1) is 14.1. The Hall–Kier alpha value is -1.36. The molecular weight excluding hydrogens is 260 g/mol. The molecule has 1 aliphatic rings. The van der Waals surface area contributed by atoms with Crippen molar-refractivity contribution in [2.75, 3.05) is 0 Å². The molecule has 1 aromatic rings. The van der Waals surface area contributed by atoms with Crippen LogP contribution in [0.4, 0.5) is 0 Å². The molecule has 19 heavy (non-hydrogen) atoms. The van der Waals surface area contributed by atoms with E-state index in [2.05, 4.69) is 5.32 Å². The van der Waals surface area contributed by atoms with Crippen molar-refractivity contribution in [3.63, 3.8) is 0 Å². The number of nitrogens with one attached hydrogen (secondary N) is 1. The van der Waals surface area contributed by atoms with E-state index in [1.807, 2.05) is 30.7 Å². The Morgan fingerprint density at radius 1 is 1.37 bits per heavy atom. The predicted molar refractivity (Wildman–Crippen MR) is 75.8 cm³/mol. The summed E-state index contributed by atoms with van der Waals surface area (Å²) in [5.41, 5.74) is 0.362. The summed E-state index contributed by atoms with van der Waals surface area (Å²) in [7, 11) is 0. The lowest BCUT2D eigenvalue weighted by molar-refractivity contribution is -0.155. The SMILES string of the molecule is CCC1(CC)NC(=O)C(C)N(Cc2ccsc2)C1=O. The van der Waals surface area contributed by atoms with Gasteiger partial charge >= 0.3 is 0 Å². The number of hydrogen-bond acceptors (Lipinski definition) is 3. The molecule has 5 heteroatoms. The first-order valence-electron chi connectivity index (χ1n) is 6.68. The van der Waals surface area contributed by atoms with Crippen molar-refractivity contribution in [1.29, 1.82) is 0 Å². The van der Waals surface area contributed by atoms with Crippen molar-refractivity contribution in [3.8, 4) is 0 Å². The summed E-state index contributed by atoms with van der Waals surface area (Å²) < 4.78 is 0. The molecule has 1 atom stereocenters. The molecule has 1 aliphatic heterocycles. The van der Waals surface area contributed by atoms with Gasteiger partial charge < -0.3 is 10.2 Å². The monoisotopic (exact) mass is 280 g/mol. The van der Waals surface area contributed by atoms with E-state index in [0.717, 1.165) is 5.56 Å². The lowest BCUT2D eigenvalue weighted by Gasteiger charge is -2.44. The molecule has 4 nitrogen and oxygen atoms in total. The number of piperazine rings is 1. The second-order valence-corrected chi connectivity index (χ2v) is 5.80. The van der Waals surface area contributed by atoms with Crippen molar-refractivity contribution in [2.45, 2.75) is 51.7 Å². The van der Waals surface area contributed by atoms with Gasteiger partial charge in [-0.1, -0.05) is 13.8 Å². The molecule has 0 bridgehead atoms. The molecule has 0 spiro atoms. The van der Waals surface area contributed by atoms with Crippen LogP contribution in [-0.2, 0) is 16.1 Å². The zero-order valence-corrected chi connectivity index (χ0v) is 12.4. The fourth-order valence-electron chi connectivity index (χ4n) is 2.50. The van der Waals surface area contributed by atoms with Crippen LogP contribution < -0.4 is 5.32 Å². The molecule has 2 amide bonds. The molecule has 104 valence electrons. The molecular formula is C14H20N2O2S. The first-order valence-corrected chi connectivity index (χ1v) is 7.62. The number of rotatable bonds is 4. The summed E-state index contributed by atoms with van der Waals surface area (Å²) in [6.07, 6.45) is 1.25. The molecule has 2 heterocycles. The molecule has 0 aliphatic carbocycles. The Kier molecular flexibility index (Phi) is 3.94. The highest BCUT2D eigenvalue weighted by atomic mass is 32.1. The van der Waals surface area contributed by atoms with Crippen LogP contribution in [0.2, 0.25) is 0 Å². The molecule has 1 unspecified atom stereocenters. The van der Waals surface area contributed by atoms with E-state index >= 15 is 0 Å². The Balaban J connectivity index is 2.28. The Bertz CT molecular complexity index is 466. The largest absolute Gasteiger partial charge is 0.340 e. The van der Waals surface area contributed by atoms with Gasteiger partial charge in [0, 0.05) is 6.54 Å². The molecule has 1 saturated heterocycles. The minimum absolute atomic E-state index is 0.0378. The Labute approximate surface area is 117 Å². The first-order chi connectivity index (χ1) is 9.04. The van der Waals surface area contributed by atoms with Gasteiger partial charge in [-0.25, -0.2) is 0 Å². The summed E-state index contributed by atoms with van der Waals surface area (Å²) >= 11 is 1.60. The van der Waals surface area contributed by atoms with Crippen LogP contribution in [0.15, 0.2) is 16.8 Å². The van der Waals surface area contributed by atoms with Crippen LogP contribution in [0, 0.1) is 0 Å². The molecule has 0 aromatic carbocycles. The van der Waals surface area contributed by atoms with E-state index in [1.54, 1.807) is 23.2 Å². The van der Waals surface area contributed by atoms with Gasteiger partial charge in [-0.05, 0) is 42.2 Å². The quantitative estimate of drug-likeness (QED) is 0.918. The number of hydrogen-bond donors (Lipinski definition) is 1. The maximum absolute atomic E-state index is 12.7. The average Bonchev–Trinajstić information content (AvgIpc) is 2.92. The number of amides is 2. The maximum atomic E-state index is 12.7. The third-order valence-corrected chi connectivity index (χ3v) is 4.75. The normalized spacial score (nSPS) is 22.5. The van der Waals surface area contributed by atoms with Crippen LogP contribution in [0.3, 0.4) is 0 Å². The molecule has 1 fully saturated rings. The Morgan fingerprint density at radius 2 is 2.05 bits per heavy atom. The highest BCUT2D eigenvalue weighted by Gasteiger charge is 2.47. The van der Waals surface area contributed by atoms with E-state index in [9.17, 15) is 9.59 Å². The lowest BCUT2D eigenvalue weighted by Crippen LogP contribution is -2.69.